The van der Waals surface area contributed by atoms with E-state index in [1.165, 1.54) is 45.2 Å². The number of hydrogen-bond acceptors (Lipinski definition) is 2. The number of allylic oxidation sites excluding steroid dienone is 3. The van der Waals surface area contributed by atoms with Gasteiger partial charge in [0.05, 0.1) is 7.11 Å². The Kier molecular flexibility index (Phi) is 3.23. The van der Waals surface area contributed by atoms with E-state index in [0.717, 1.165) is 12.8 Å². The number of benzene rings is 7. The molecule has 2 heteroatoms. The van der Waals surface area contributed by atoms with Crippen LogP contribution in [0.4, 0.5) is 0 Å². The third-order valence-electron chi connectivity index (χ3n) is 17.9. The highest BCUT2D eigenvalue weighted by Crippen LogP contribution is 2.92. The quantitative estimate of drug-likeness (QED) is 0.102. The maximum atomic E-state index is 12.8. The van der Waals surface area contributed by atoms with Gasteiger partial charge in [0.2, 0.25) is 0 Å². The molecule has 7 unspecified atom stereocenters. The molecule has 0 aliphatic heterocycles. The van der Waals surface area contributed by atoms with Crippen molar-refractivity contribution in [1.82, 2.24) is 0 Å². The van der Waals surface area contributed by atoms with Crippen molar-refractivity contribution < 1.29 is 9.53 Å². The first-order valence-electron chi connectivity index (χ1n) is 20.2. The molecule has 2 nitrogen and oxygen atoms in total. The first-order chi connectivity index (χ1) is 26.7. The number of esters is 1. The lowest BCUT2D eigenvalue weighted by molar-refractivity contribution is -0.140. The minimum absolute atomic E-state index is 0.105. The Morgan fingerprint density at radius 1 is 0.630 bits per heavy atom. The predicted molar refractivity (Wildman–Crippen MR) is 217 cm³/mol. The van der Waals surface area contributed by atoms with E-state index in [1.807, 2.05) is 0 Å². The van der Waals surface area contributed by atoms with E-state index in [1.54, 1.807) is 98.2 Å². The van der Waals surface area contributed by atoms with Crippen molar-refractivity contribution in [3.63, 3.8) is 0 Å². The molecule has 1 spiro atoms. The molecule has 1 fully saturated rings. The summed E-state index contributed by atoms with van der Waals surface area (Å²) in [4.78, 5) is 12.8. The molecule has 248 valence electrons. The molecular weight excluding hydrogens is 657 g/mol. The Labute approximate surface area is 308 Å². The lowest BCUT2D eigenvalue weighted by Crippen LogP contribution is -2.27. The van der Waals surface area contributed by atoms with Crippen molar-refractivity contribution in [2.75, 3.05) is 7.11 Å². The van der Waals surface area contributed by atoms with E-state index in [2.05, 4.69) is 91.0 Å². The van der Waals surface area contributed by atoms with Crippen LogP contribution in [0.2, 0.25) is 0 Å². The Morgan fingerprint density at radius 3 is 2.06 bits per heavy atom. The summed E-state index contributed by atoms with van der Waals surface area (Å²) in [6.07, 6.45) is 12.7. The molecule has 10 aromatic carbocycles. The predicted octanol–water partition coefficient (Wildman–Crippen LogP) is 11.8. The largest absolute Gasteiger partial charge is 0.469 e. The molecule has 8 aliphatic carbocycles. The third-order valence-corrected chi connectivity index (χ3v) is 17.9. The maximum absolute atomic E-state index is 12.8. The van der Waals surface area contributed by atoms with Gasteiger partial charge in [-0.2, -0.15) is 0 Å². The Hall–Kier alpha value is -5.73. The van der Waals surface area contributed by atoms with Gasteiger partial charge in [-0.15, -0.1) is 0 Å². The van der Waals surface area contributed by atoms with E-state index >= 15 is 0 Å². The zero-order chi connectivity index (χ0) is 34.3. The highest BCUT2D eigenvalue weighted by atomic mass is 16.5. The number of hydrogen-bond donors (Lipinski definition) is 0. The summed E-state index contributed by atoms with van der Waals surface area (Å²) in [6.45, 7) is 0. The van der Waals surface area contributed by atoms with Crippen molar-refractivity contribution in [1.29, 1.82) is 0 Å². The van der Waals surface area contributed by atoms with E-state index in [9.17, 15) is 4.79 Å². The zero-order valence-corrected chi connectivity index (χ0v) is 29.4. The average Bonchev–Trinajstić information content (AvgIpc) is 3.88. The molecule has 1 saturated carbocycles. The van der Waals surface area contributed by atoms with Crippen molar-refractivity contribution in [2.45, 2.75) is 59.2 Å². The molecule has 8 aliphatic rings. The van der Waals surface area contributed by atoms with Gasteiger partial charge in [-0.1, -0.05) is 91.0 Å². The smallest absolute Gasteiger partial charge is 0.305 e. The summed E-state index contributed by atoms with van der Waals surface area (Å²) in [5.74, 6) is 1.76. The third kappa shape index (κ3) is 1.79. The molecule has 0 N–H and O–H groups in total. The molecule has 0 radical (unpaired) electrons. The average molecular weight is 685 g/mol. The van der Waals surface area contributed by atoms with Crippen LogP contribution < -0.4 is 0 Å². The first kappa shape index (κ1) is 25.3. The summed E-state index contributed by atoms with van der Waals surface area (Å²) in [7, 11) is 1.54. The molecular formula is C52H28O2. The normalized spacial score (nSPS) is 31.1. The van der Waals surface area contributed by atoms with Gasteiger partial charge in [-0.3, -0.25) is 4.79 Å². The summed E-state index contributed by atoms with van der Waals surface area (Å²) in [6, 6.07) is 26.8. The van der Waals surface area contributed by atoms with Gasteiger partial charge in [0, 0.05) is 46.3 Å². The summed E-state index contributed by atoms with van der Waals surface area (Å²) < 4.78 is 5.27. The topological polar surface area (TPSA) is 26.3 Å². The lowest BCUT2D eigenvalue weighted by Gasteiger charge is -2.38. The molecule has 0 aromatic heterocycles. The second kappa shape index (κ2) is 6.88. The molecule has 10 aromatic rings. The number of ether oxygens (including phenoxy) is 1. The van der Waals surface area contributed by atoms with Crippen LogP contribution in [-0.4, -0.2) is 13.1 Å². The van der Waals surface area contributed by atoms with Gasteiger partial charge < -0.3 is 4.74 Å². The zero-order valence-electron chi connectivity index (χ0n) is 29.4. The Bertz CT molecular complexity index is 3730. The van der Waals surface area contributed by atoms with Crippen LogP contribution in [0, 0.1) is 0 Å². The summed E-state index contributed by atoms with van der Waals surface area (Å²) >= 11 is 0. The monoisotopic (exact) mass is 684 g/mol. The van der Waals surface area contributed by atoms with Crippen LogP contribution in [0.3, 0.4) is 0 Å². The van der Waals surface area contributed by atoms with Gasteiger partial charge in [0.1, 0.15) is 0 Å². The van der Waals surface area contributed by atoms with E-state index < -0.39 is 0 Å². The maximum Gasteiger partial charge on any atom is 0.305 e. The fourth-order valence-corrected chi connectivity index (χ4v) is 17.1. The van der Waals surface area contributed by atoms with Gasteiger partial charge >= 0.3 is 5.97 Å². The van der Waals surface area contributed by atoms with E-state index in [4.69, 9.17) is 4.74 Å². The van der Waals surface area contributed by atoms with Crippen molar-refractivity contribution in [3.05, 3.63) is 135 Å². The molecule has 54 heavy (non-hydrogen) atoms. The van der Waals surface area contributed by atoms with E-state index in [0.29, 0.717) is 30.1 Å². The molecule has 0 bridgehead atoms. The standard InChI is InChI=1S/C52H28O2/c1-54-30(53)8-5-18-50(20-6-3-2-4-7-20)51-19-17-28-27-14-13-24-23-10-9-21-22-11-12-25-26-15-16-29(51)38-37(26)41-34(25)33(22)39-31(21)32(23)40-35(24)36(27)46-45-43(40)42(39)44(41)47(45)49(38)52(50,51)48(28)46/h2-4,6-7,9-17,19,22,25,33-34H,5,8,18H2,1H3. The fraction of sp³-hybridized carbons (Fsp3) is 0.212. The van der Waals surface area contributed by atoms with Crippen LogP contribution in [0.15, 0.2) is 85.0 Å². The Morgan fingerprint density at radius 2 is 1.26 bits per heavy atom. The summed E-state index contributed by atoms with van der Waals surface area (Å²) in [5, 5.41) is 25.0. The van der Waals surface area contributed by atoms with Crippen LogP contribution in [0.5, 0.6) is 0 Å². The second-order valence-electron chi connectivity index (χ2n) is 18.5. The minimum Gasteiger partial charge on any atom is -0.469 e. The van der Waals surface area contributed by atoms with Crippen LogP contribution in [0.1, 0.15) is 93.0 Å². The van der Waals surface area contributed by atoms with Gasteiger partial charge in [-0.05, 0) is 149 Å². The summed E-state index contributed by atoms with van der Waals surface area (Å²) in [5.41, 5.74) is 13.5. The van der Waals surface area contributed by atoms with E-state index in [-0.39, 0.29) is 22.2 Å². The minimum atomic E-state index is -0.244. The fourth-order valence-electron chi connectivity index (χ4n) is 17.1. The van der Waals surface area contributed by atoms with Crippen molar-refractivity contribution in [2.24, 2.45) is 0 Å². The molecule has 0 heterocycles. The molecule has 0 amide bonds. The number of methoxy groups -OCH3 is 1. The van der Waals surface area contributed by atoms with Crippen LogP contribution >= 0.6 is 0 Å². The first-order valence-corrected chi connectivity index (χ1v) is 20.2. The molecule has 18 rings (SSSR count). The Balaban J connectivity index is 1.19. The van der Waals surface area contributed by atoms with Crippen LogP contribution in [-0.2, 0) is 25.8 Å². The highest BCUT2D eigenvalue weighted by Gasteiger charge is 2.91. The SMILES string of the molecule is COC(=O)CCCC1(c2ccccc2)C23C=Cc4c5c6c7c4ccc4c8ccc9c%10c%11c%12c%13c%14c%15c(ccc2c%15c(c%13c6c%12c(c%108)c47)C531)C1C=CC9C%11C%141. The van der Waals surface area contributed by atoms with Crippen molar-refractivity contribution >= 4 is 98.2 Å². The van der Waals surface area contributed by atoms with Gasteiger partial charge in [-0.25, -0.2) is 0 Å². The van der Waals surface area contributed by atoms with Crippen LogP contribution in [0.25, 0.3) is 92.3 Å². The number of rotatable bonds is 5. The molecule has 7 atom stereocenters. The number of carbonyl (C=O) groups excluding carboxylic acids is 1. The van der Waals surface area contributed by atoms with Gasteiger partial charge in [0.25, 0.3) is 0 Å². The highest BCUT2D eigenvalue weighted by molar-refractivity contribution is 6.56. The molecule has 0 saturated heterocycles. The van der Waals surface area contributed by atoms with Crippen molar-refractivity contribution in [3.8, 4) is 0 Å². The van der Waals surface area contributed by atoms with Gasteiger partial charge in [0.15, 0.2) is 0 Å². The number of carbonyl (C=O) groups is 1. The second-order valence-corrected chi connectivity index (χ2v) is 18.5. The lowest BCUT2D eigenvalue weighted by atomic mass is 9.64. The number of fused-ring (bicyclic) bond motifs is 4.